The molecule has 3 atom stereocenters. The van der Waals surface area contributed by atoms with Crippen molar-refractivity contribution in [3.05, 3.63) is 70.5 Å². The summed E-state index contributed by atoms with van der Waals surface area (Å²) in [5, 5.41) is 21.5. The third-order valence-electron chi connectivity index (χ3n) is 6.22. The zero-order valence-corrected chi connectivity index (χ0v) is 23.5. The average Bonchev–Trinajstić information content (AvgIpc) is 3.57. The van der Waals surface area contributed by atoms with Gasteiger partial charge in [-0.1, -0.05) is 29.5 Å². The van der Waals surface area contributed by atoms with E-state index in [4.69, 9.17) is 0 Å². The first kappa shape index (κ1) is 30.7. The molecule has 16 heteroatoms. The van der Waals surface area contributed by atoms with Crippen LogP contribution in [0.2, 0.25) is 0 Å². The lowest BCUT2D eigenvalue weighted by atomic mass is 9.86. The molecule has 0 aromatic carbocycles. The Kier molecular flexibility index (Phi) is 9.98. The van der Waals surface area contributed by atoms with Crippen molar-refractivity contribution in [1.29, 1.82) is 0 Å². The van der Waals surface area contributed by atoms with Crippen molar-refractivity contribution < 1.29 is 31.9 Å². The van der Waals surface area contributed by atoms with Gasteiger partial charge in [0.1, 0.15) is 16.9 Å². The fourth-order valence-electron chi connectivity index (χ4n) is 4.07. The molecule has 0 spiro atoms. The zero-order valence-electron chi connectivity index (χ0n) is 22.6. The van der Waals surface area contributed by atoms with Crippen LogP contribution in [0.3, 0.4) is 0 Å². The van der Waals surface area contributed by atoms with Crippen molar-refractivity contribution in [2.75, 3.05) is 5.32 Å². The lowest BCUT2D eigenvalue weighted by molar-refractivity contribution is -0.303. The first-order chi connectivity index (χ1) is 19.9. The minimum atomic E-state index is -4.82. The summed E-state index contributed by atoms with van der Waals surface area (Å²) in [6, 6.07) is 3.70. The van der Waals surface area contributed by atoms with Crippen LogP contribution in [0, 0.1) is 18.8 Å². The summed E-state index contributed by atoms with van der Waals surface area (Å²) in [6.45, 7) is 3.80. The Bertz CT molecular complexity index is 1450. The van der Waals surface area contributed by atoms with Gasteiger partial charge in [-0.05, 0) is 55.0 Å². The Labute approximate surface area is 242 Å². The maximum absolute atomic E-state index is 14.6. The molecule has 0 aliphatic heterocycles. The van der Waals surface area contributed by atoms with Crippen LogP contribution in [-0.4, -0.2) is 54.5 Å². The Morgan fingerprint density at radius 1 is 1.24 bits per heavy atom. The van der Waals surface area contributed by atoms with Gasteiger partial charge >= 0.3 is 6.36 Å². The molecule has 224 valence electrons. The summed E-state index contributed by atoms with van der Waals surface area (Å²) in [4.78, 5) is 29.0. The van der Waals surface area contributed by atoms with E-state index in [1.165, 1.54) is 23.0 Å². The number of hydrogen-bond donors (Lipinski definition) is 2. The number of carbonyl (C=O) groups is 2. The van der Waals surface area contributed by atoms with Crippen LogP contribution in [0.5, 0.6) is 0 Å². The number of rotatable bonds is 12. The normalized spacial score (nSPS) is 17.4. The standard InChI is InChI=1S/C26H28F4N8O3S/c1-15-7-8-31-19(9-15)12-32-24(40)21-14-38(37-34-21)13-18(27)4-6-23-35-36-25(42-23)33-22(39)11-17-10-20(5-3-16(17)2)41-26(28,29)30/h3,5,7-10,14,16-18H,4,6,11-13H2,1-2H3,(H,32,40)(H,33,36,39). The van der Waals surface area contributed by atoms with E-state index in [0.29, 0.717) is 10.7 Å². The molecular formula is C26H28F4N8O3S. The smallest absolute Gasteiger partial charge is 0.406 e. The lowest BCUT2D eigenvalue weighted by Gasteiger charge is -2.22. The SMILES string of the molecule is Cc1ccnc(CNC(=O)c2cn(CC(F)CCc3nnc(NC(=O)CC4C=C(OC(F)(F)F)C=CC4C)s3)nn2)c1. The number of allylic oxidation sites excluding steroid dienone is 3. The topological polar surface area (TPSA) is 137 Å². The van der Waals surface area contributed by atoms with Crippen molar-refractivity contribution in [1.82, 2.24) is 35.5 Å². The van der Waals surface area contributed by atoms with Gasteiger partial charge in [0.2, 0.25) is 11.0 Å². The van der Waals surface area contributed by atoms with Gasteiger partial charge in [-0.2, -0.15) is 0 Å². The number of aromatic nitrogens is 6. The van der Waals surface area contributed by atoms with Crippen LogP contribution in [0.25, 0.3) is 0 Å². The molecule has 3 heterocycles. The molecule has 11 nitrogen and oxygen atoms in total. The van der Waals surface area contributed by atoms with Gasteiger partial charge in [0.25, 0.3) is 5.91 Å². The molecule has 0 radical (unpaired) electrons. The summed E-state index contributed by atoms with van der Waals surface area (Å²) in [5.41, 5.74) is 1.77. The van der Waals surface area contributed by atoms with E-state index in [2.05, 4.69) is 40.9 Å². The van der Waals surface area contributed by atoms with Gasteiger partial charge < -0.3 is 15.4 Å². The second-order valence-electron chi connectivity index (χ2n) is 9.72. The second kappa shape index (κ2) is 13.6. The van der Waals surface area contributed by atoms with Gasteiger partial charge in [0.05, 0.1) is 25.0 Å². The lowest BCUT2D eigenvalue weighted by Crippen LogP contribution is -2.23. The molecule has 3 aromatic rings. The van der Waals surface area contributed by atoms with Gasteiger partial charge in [-0.3, -0.25) is 14.6 Å². The maximum atomic E-state index is 14.6. The Morgan fingerprint density at radius 3 is 2.81 bits per heavy atom. The van der Waals surface area contributed by atoms with Gasteiger partial charge in [0.15, 0.2) is 5.69 Å². The number of hydrogen-bond acceptors (Lipinski definition) is 9. The number of nitrogens with one attached hydrogen (secondary N) is 2. The first-order valence-corrected chi connectivity index (χ1v) is 13.8. The molecular weight excluding hydrogens is 580 g/mol. The molecule has 0 saturated heterocycles. The number of pyridine rings is 1. The second-order valence-corrected chi connectivity index (χ2v) is 10.8. The van der Waals surface area contributed by atoms with E-state index in [0.717, 1.165) is 16.9 Å². The summed E-state index contributed by atoms with van der Waals surface area (Å²) < 4.78 is 57.4. The summed E-state index contributed by atoms with van der Waals surface area (Å²) in [7, 11) is 0. The van der Waals surface area contributed by atoms with Crippen molar-refractivity contribution in [3.63, 3.8) is 0 Å². The van der Waals surface area contributed by atoms with Crippen molar-refractivity contribution in [2.45, 2.75) is 58.7 Å². The molecule has 2 amide bonds. The molecule has 0 bridgehead atoms. The number of aryl methyl sites for hydroxylation is 2. The van der Waals surface area contributed by atoms with E-state index in [1.807, 2.05) is 19.1 Å². The molecule has 1 aliphatic rings. The molecule has 1 aliphatic carbocycles. The number of nitrogens with zero attached hydrogens (tertiary/aromatic N) is 6. The van der Waals surface area contributed by atoms with Gasteiger partial charge in [0, 0.05) is 19.0 Å². The summed E-state index contributed by atoms with van der Waals surface area (Å²) in [5.74, 6) is -1.94. The maximum Gasteiger partial charge on any atom is 0.573 e. The largest absolute Gasteiger partial charge is 0.573 e. The number of anilines is 1. The number of alkyl halides is 4. The van der Waals surface area contributed by atoms with Crippen LogP contribution < -0.4 is 10.6 Å². The molecule has 3 aromatic heterocycles. The van der Waals surface area contributed by atoms with Gasteiger partial charge in [-0.25, -0.2) is 9.07 Å². The predicted octanol–water partition coefficient (Wildman–Crippen LogP) is 4.30. The third-order valence-corrected chi connectivity index (χ3v) is 7.11. The number of ether oxygens (including phenoxy) is 1. The number of amides is 2. The Balaban J connectivity index is 1.20. The van der Waals surface area contributed by atoms with Gasteiger partial charge in [-0.15, -0.1) is 28.5 Å². The minimum absolute atomic E-state index is 0.0533. The van der Waals surface area contributed by atoms with E-state index in [-0.39, 0.29) is 54.9 Å². The highest BCUT2D eigenvalue weighted by Gasteiger charge is 2.33. The molecule has 0 fully saturated rings. The predicted molar refractivity (Wildman–Crippen MR) is 144 cm³/mol. The Hall–Kier alpha value is -4.21. The average molecular weight is 609 g/mol. The highest BCUT2D eigenvalue weighted by Crippen LogP contribution is 2.30. The van der Waals surface area contributed by atoms with Crippen LogP contribution in [0.15, 0.2) is 48.5 Å². The van der Waals surface area contributed by atoms with Crippen molar-refractivity contribution in [2.24, 2.45) is 11.8 Å². The molecule has 42 heavy (non-hydrogen) atoms. The quantitative estimate of drug-likeness (QED) is 0.291. The van der Waals surface area contributed by atoms with E-state index in [9.17, 15) is 27.2 Å². The first-order valence-electron chi connectivity index (χ1n) is 13.0. The molecule has 4 rings (SSSR count). The zero-order chi connectivity index (χ0) is 30.3. The van der Waals surface area contributed by atoms with Crippen LogP contribution in [0.4, 0.5) is 22.7 Å². The molecule has 3 unspecified atom stereocenters. The fraction of sp³-hybridized carbons (Fsp3) is 0.423. The number of halogens is 4. The van der Waals surface area contributed by atoms with E-state index in [1.54, 1.807) is 19.2 Å². The Morgan fingerprint density at radius 2 is 2.05 bits per heavy atom. The minimum Gasteiger partial charge on any atom is -0.406 e. The van der Waals surface area contributed by atoms with Crippen molar-refractivity contribution >= 4 is 28.3 Å². The van der Waals surface area contributed by atoms with Crippen LogP contribution in [-0.2, 0) is 29.0 Å². The van der Waals surface area contributed by atoms with Crippen molar-refractivity contribution in [3.8, 4) is 0 Å². The van der Waals surface area contributed by atoms with E-state index < -0.39 is 30.3 Å². The summed E-state index contributed by atoms with van der Waals surface area (Å²) in [6.07, 6.45) is 1.17. The van der Waals surface area contributed by atoms with Crippen LogP contribution >= 0.6 is 11.3 Å². The van der Waals surface area contributed by atoms with Crippen LogP contribution in [0.1, 0.15) is 46.5 Å². The fourth-order valence-corrected chi connectivity index (χ4v) is 4.84. The summed E-state index contributed by atoms with van der Waals surface area (Å²) >= 11 is 1.08. The number of carbonyl (C=O) groups excluding carboxylic acids is 2. The highest BCUT2D eigenvalue weighted by molar-refractivity contribution is 7.15. The molecule has 0 saturated carbocycles. The molecule has 2 N–H and O–H groups in total. The van der Waals surface area contributed by atoms with E-state index >= 15 is 0 Å². The highest BCUT2D eigenvalue weighted by atomic mass is 32.1. The monoisotopic (exact) mass is 608 g/mol. The third kappa shape index (κ3) is 9.43.